The molecule has 22 heavy (non-hydrogen) atoms. The van der Waals surface area contributed by atoms with E-state index in [2.05, 4.69) is 5.32 Å². The molecule has 0 saturated carbocycles. The van der Waals surface area contributed by atoms with Crippen molar-refractivity contribution in [1.82, 2.24) is 4.31 Å². The summed E-state index contributed by atoms with van der Waals surface area (Å²) in [6, 6.07) is 5.97. The van der Waals surface area contributed by atoms with Gasteiger partial charge >= 0.3 is 0 Å². The van der Waals surface area contributed by atoms with Crippen molar-refractivity contribution in [2.75, 3.05) is 30.7 Å². The molecule has 1 aliphatic heterocycles. The van der Waals surface area contributed by atoms with Gasteiger partial charge in [-0.2, -0.15) is 5.26 Å². The summed E-state index contributed by atoms with van der Waals surface area (Å²) >= 11 is 0. The minimum Gasteiger partial charge on any atom is -0.384 e. The summed E-state index contributed by atoms with van der Waals surface area (Å²) in [5, 5.41) is 22.8. The first-order valence-electron chi connectivity index (χ1n) is 6.77. The Balaban J connectivity index is 1.94. The third kappa shape index (κ3) is 3.35. The van der Waals surface area contributed by atoms with Crippen LogP contribution in [0.2, 0.25) is 0 Å². The number of nitro groups is 1. The number of rotatable bonds is 6. The number of nitriles is 1. The Labute approximate surface area is 128 Å². The third-order valence-electron chi connectivity index (χ3n) is 3.60. The summed E-state index contributed by atoms with van der Waals surface area (Å²) in [7, 11) is -3.13. The topological polar surface area (TPSA) is 116 Å². The van der Waals surface area contributed by atoms with Gasteiger partial charge in [-0.3, -0.25) is 10.1 Å². The number of nitrogens with zero attached hydrogens (tertiary/aromatic N) is 3. The second-order valence-corrected chi connectivity index (χ2v) is 7.32. The average Bonchev–Trinajstić information content (AvgIpc) is 2.45. The largest absolute Gasteiger partial charge is 0.384 e. The first-order chi connectivity index (χ1) is 10.4. The molecular weight excluding hydrogens is 308 g/mol. The van der Waals surface area contributed by atoms with Crippen LogP contribution in [0.4, 0.5) is 11.4 Å². The molecule has 0 radical (unpaired) electrons. The zero-order chi connectivity index (χ0) is 16.3. The number of anilines is 1. The van der Waals surface area contributed by atoms with E-state index >= 15 is 0 Å². The maximum Gasteiger partial charge on any atom is 0.270 e. The fraction of sp³-hybridized carbons (Fsp3) is 0.462. The molecule has 1 aromatic carbocycles. The fourth-order valence-electron chi connectivity index (χ4n) is 2.21. The second kappa shape index (κ2) is 6.29. The number of nitro benzene ring substituents is 1. The van der Waals surface area contributed by atoms with E-state index in [0.717, 1.165) is 0 Å². The van der Waals surface area contributed by atoms with Crippen LogP contribution in [0.1, 0.15) is 12.5 Å². The van der Waals surface area contributed by atoms with Gasteiger partial charge in [-0.25, -0.2) is 12.7 Å². The molecule has 1 fully saturated rings. The minimum atomic E-state index is -3.13. The summed E-state index contributed by atoms with van der Waals surface area (Å²) in [6.45, 7) is 3.04. The lowest BCUT2D eigenvalue weighted by atomic mass is 10.0. The molecule has 0 amide bonds. The van der Waals surface area contributed by atoms with Crippen LogP contribution in [0.3, 0.4) is 0 Å². The first kappa shape index (κ1) is 16.2. The molecule has 0 unspecified atom stereocenters. The molecule has 0 spiro atoms. The normalized spacial score (nSPS) is 15.8. The van der Waals surface area contributed by atoms with Gasteiger partial charge < -0.3 is 5.32 Å². The van der Waals surface area contributed by atoms with Gasteiger partial charge in [-0.1, -0.05) is 0 Å². The van der Waals surface area contributed by atoms with Gasteiger partial charge in [0.1, 0.15) is 6.07 Å². The predicted octanol–water partition coefficient (Wildman–Crippen LogP) is 1.16. The van der Waals surface area contributed by atoms with Crippen molar-refractivity contribution in [2.45, 2.75) is 6.92 Å². The lowest BCUT2D eigenvalue weighted by Crippen LogP contribution is -2.52. The molecule has 1 aliphatic rings. The van der Waals surface area contributed by atoms with E-state index in [0.29, 0.717) is 25.3 Å². The van der Waals surface area contributed by atoms with Gasteiger partial charge in [-0.05, 0) is 13.0 Å². The highest BCUT2D eigenvalue weighted by atomic mass is 32.2. The zero-order valence-corrected chi connectivity index (χ0v) is 12.8. The van der Waals surface area contributed by atoms with Gasteiger partial charge in [0.2, 0.25) is 10.0 Å². The SMILES string of the molecule is CCS(=O)(=O)N1CC(CNc2ccc([N+](=O)[O-])cc2C#N)C1. The highest BCUT2D eigenvalue weighted by molar-refractivity contribution is 7.89. The Morgan fingerprint density at radius 1 is 1.50 bits per heavy atom. The molecule has 0 atom stereocenters. The number of nitrogens with one attached hydrogen (secondary N) is 1. The predicted molar refractivity (Wildman–Crippen MR) is 80.8 cm³/mol. The van der Waals surface area contributed by atoms with E-state index in [1.54, 1.807) is 6.92 Å². The molecule has 8 nitrogen and oxygen atoms in total. The van der Waals surface area contributed by atoms with Crippen LogP contribution in [-0.2, 0) is 10.0 Å². The Bertz CT molecular complexity index is 720. The molecule has 0 aromatic heterocycles. The Morgan fingerprint density at radius 3 is 2.73 bits per heavy atom. The van der Waals surface area contributed by atoms with Crippen molar-refractivity contribution in [3.05, 3.63) is 33.9 Å². The Kier molecular flexibility index (Phi) is 4.63. The van der Waals surface area contributed by atoms with Crippen molar-refractivity contribution in [3.63, 3.8) is 0 Å². The smallest absolute Gasteiger partial charge is 0.270 e. The molecular formula is C13H16N4O4S. The lowest BCUT2D eigenvalue weighted by molar-refractivity contribution is -0.384. The lowest BCUT2D eigenvalue weighted by Gasteiger charge is -2.38. The number of benzene rings is 1. The van der Waals surface area contributed by atoms with Crippen LogP contribution >= 0.6 is 0 Å². The van der Waals surface area contributed by atoms with E-state index in [-0.39, 0.29) is 22.9 Å². The second-order valence-electron chi connectivity index (χ2n) is 5.06. The van der Waals surface area contributed by atoms with Gasteiger partial charge in [0.25, 0.3) is 5.69 Å². The van der Waals surface area contributed by atoms with E-state index in [1.165, 1.54) is 22.5 Å². The Hall–Kier alpha value is -2.18. The number of non-ortho nitro benzene ring substituents is 1. The van der Waals surface area contributed by atoms with Crippen molar-refractivity contribution < 1.29 is 13.3 Å². The third-order valence-corrected chi connectivity index (χ3v) is 5.41. The van der Waals surface area contributed by atoms with E-state index in [9.17, 15) is 18.5 Å². The maximum atomic E-state index is 11.6. The molecule has 118 valence electrons. The Morgan fingerprint density at radius 2 is 2.18 bits per heavy atom. The van der Waals surface area contributed by atoms with Gasteiger partial charge in [0.05, 0.1) is 21.9 Å². The highest BCUT2D eigenvalue weighted by Gasteiger charge is 2.34. The van der Waals surface area contributed by atoms with Gasteiger partial charge in [-0.15, -0.1) is 0 Å². The van der Waals surface area contributed by atoms with E-state index in [1.807, 2.05) is 6.07 Å². The molecule has 1 heterocycles. The first-order valence-corrected chi connectivity index (χ1v) is 8.38. The van der Waals surface area contributed by atoms with E-state index < -0.39 is 14.9 Å². The molecule has 1 aromatic rings. The number of hydrogen-bond acceptors (Lipinski definition) is 6. The van der Waals surface area contributed by atoms with Crippen LogP contribution in [0.15, 0.2) is 18.2 Å². The number of sulfonamides is 1. The fourth-order valence-corrected chi connectivity index (χ4v) is 3.45. The molecule has 1 N–H and O–H groups in total. The standard InChI is InChI=1S/C13H16N4O4S/c1-2-22(20,21)16-8-10(9-16)7-15-13-4-3-12(17(18)19)5-11(13)6-14/h3-5,10,15H,2,7-9H2,1H3. The monoisotopic (exact) mass is 324 g/mol. The number of hydrogen-bond donors (Lipinski definition) is 1. The van der Waals surface area contributed by atoms with Crippen molar-refractivity contribution in [3.8, 4) is 6.07 Å². The van der Waals surface area contributed by atoms with Crippen LogP contribution in [0.5, 0.6) is 0 Å². The molecule has 0 bridgehead atoms. The molecule has 9 heteroatoms. The van der Waals surface area contributed by atoms with Crippen LogP contribution in [-0.4, -0.2) is 43.0 Å². The van der Waals surface area contributed by atoms with E-state index in [4.69, 9.17) is 5.26 Å². The molecule has 1 saturated heterocycles. The van der Waals surface area contributed by atoms with Crippen molar-refractivity contribution in [2.24, 2.45) is 5.92 Å². The summed E-state index contributed by atoms with van der Waals surface area (Å²) in [4.78, 5) is 10.1. The van der Waals surface area contributed by atoms with Crippen LogP contribution < -0.4 is 5.32 Å². The van der Waals surface area contributed by atoms with Gasteiger partial charge in [0, 0.05) is 37.7 Å². The molecule has 2 rings (SSSR count). The summed E-state index contributed by atoms with van der Waals surface area (Å²) in [6.07, 6.45) is 0. The zero-order valence-electron chi connectivity index (χ0n) is 12.0. The summed E-state index contributed by atoms with van der Waals surface area (Å²) in [5.41, 5.74) is 0.586. The molecule has 0 aliphatic carbocycles. The minimum absolute atomic E-state index is 0.0914. The quantitative estimate of drug-likeness (QED) is 0.620. The van der Waals surface area contributed by atoms with Crippen LogP contribution in [0.25, 0.3) is 0 Å². The summed E-state index contributed by atoms with van der Waals surface area (Å²) in [5.74, 6) is 0.261. The summed E-state index contributed by atoms with van der Waals surface area (Å²) < 4.78 is 24.6. The highest BCUT2D eigenvalue weighted by Crippen LogP contribution is 2.24. The van der Waals surface area contributed by atoms with Crippen molar-refractivity contribution in [1.29, 1.82) is 5.26 Å². The van der Waals surface area contributed by atoms with Crippen molar-refractivity contribution >= 4 is 21.4 Å². The van der Waals surface area contributed by atoms with Crippen LogP contribution in [0, 0.1) is 27.4 Å². The maximum absolute atomic E-state index is 11.6. The van der Waals surface area contributed by atoms with Gasteiger partial charge in [0.15, 0.2) is 0 Å². The average molecular weight is 324 g/mol.